The maximum atomic E-state index is 5.99. The first-order valence-electron chi connectivity index (χ1n) is 12.0. The Balaban J connectivity index is 1.13. The van der Waals surface area contributed by atoms with Crippen LogP contribution in [0.15, 0.2) is 12.1 Å². The topological polar surface area (TPSA) is 66.7 Å². The van der Waals surface area contributed by atoms with Crippen molar-refractivity contribution in [3.05, 3.63) is 17.8 Å². The maximum Gasteiger partial charge on any atom is 0.128 e. The van der Waals surface area contributed by atoms with Crippen molar-refractivity contribution in [2.75, 3.05) is 36.4 Å². The zero-order valence-corrected chi connectivity index (χ0v) is 18.9. The van der Waals surface area contributed by atoms with Gasteiger partial charge in [0.15, 0.2) is 0 Å². The molecule has 0 amide bonds. The number of aryl methyl sites for hydroxylation is 1. The lowest BCUT2D eigenvalue weighted by atomic mass is 9.52. The van der Waals surface area contributed by atoms with Crippen LogP contribution in [0.25, 0.3) is 0 Å². The van der Waals surface area contributed by atoms with Gasteiger partial charge in [-0.2, -0.15) is 0 Å². The Bertz CT molecular complexity index is 738. The van der Waals surface area contributed by atoms with Crippen LogP contribution >= 0.6 is 0 Å². The van der Waals surface area contributed by atoms with Crippen LogP contribution in [0.4, 0.5) is 11.5 Å². The Morgan fingerprint density at radius 1 is 1.07 bits per heavy atom. The Morgan fingerprint density at radius 2 is 1.73 bits per heavy atom. The van der Waals surface area contributed by atoms with Crippen LogP contribution in [0.1, 0.15) is 58.1 Å². The predicted molar refractivity (Wildman–Crippen MR) is 122 cm³/mol. The third-order valence-corrected chi connectivity index (χ3v) is 7.93. The minimum atomic E-state index is 0.350. The zero-order chi connectivity index (χ0) is 20.9. The van der Waals surface area contributed by atoms with E-state index in [1.165, 1.54) is 44.2 Å². The molecule has 0 unspecified atom stereocenters. The molecule has 0 radical (unpaired) electrons. The highest BCUT2D eigenvalue weighted by Crippen LogP contribution is 2.55. The standard InChI is InChI=1S/C24H39N5O/c1-16-14-29(15-17(2)30-16)21-6-8-28(9-7-21)23-5-4-22(18(3)26-23)27-20-12-24(13-20)10-19(25)11-24/h4-5,16-17,19-21,27H,6-15,25H2,1-3H3/t16-,17+,19?,20?,24?. The molecule has 6 heteroatoms. The number of morpholine rings is 1. The first-order chi connectivity index (χ1) is 14.4. The second kappa shape index (κ2) is 7.95. The molecule has 1 spiro atoms. The predicted octanol–water partition coefficient (Wildman–Crippen LogP) is 3.15. The van der Waals surface area contributed by atoms with Crippen LogP contribution in [0.2, 0.25) is 0 Å². The van der Waals surface area contributed by atoms with Crippen LogP contribution < -0.4 is 16.0 Å². The number of pyridine rings is 1. The summed E-state index contributed by atoms with van der Waals surface area (Å²) in [6.45, 7) is 10.9. The fourth-order valence-electron chi connectivity index (χ4n) is 6.55. The smallest absolute Gasteiger partial charge is 0.128 e. The number of hydrogen-bond acceptors (Lipinski definition) is 6. The summed E-state index contributed by atoms with van der Waals surface area (Å²) in [4.78, 5) is 10.1. The Labute approximate surface area is 181 Å². The average molecular weight is 414 g/mol. The molecule has 4 aliphatic rings. The van der Waals surface area contributed by atoms with Gasteiger partial charge in [-0.3, -0.25) is 4.90 Å². The maximum absolute atomic E-state index is 5.99. The molecule has 1 aromatic heterocycles. The van der Waals surface area contributed by atoms with E-state index in [4.69, 9.17) is 15.5 Å². The number of ether oxygens (including phenoxy) is 1. The van der Waals surface area contributed by atoms with Crippen LogP contribution in [0, 0.1) is 12.3 Å². The quantitative estimate of drug-likeness (QED) is 0.790. The molecule has 2 saturated heterocycles. The summed E-state index contributed by atoms with van der Waals surface area (Å²) in [6, 6.07) is 6.18. The number of aromatic nitrogens is 1. The van der Waals surface area contributed by atoms with E-state index in [0.29, 0.717) is 35.7 Å². The third-order valence-electron chi connectivity index (χ3n) is 7.93. The van der Waals surface area contributed by atoms with E-state index in [2.05, 4.69) is 48.0 Å². The molecular formula is C24H39N5O. The Morgan fingerprint density at radius 3 is 2.33 bits per heavy atom. The summed E-state index contributed by atoms with van der Waals surface area (Å²) in [5.41, 5.74) is 8.89. The van der Waals surface area contributed by atoms with Crippen LogP contribution in [0.5, 0.6) is 0 Å². The van der Waals surface area contributed by atoms with Gasteiger partial charge in [-0.1, -0.05) is 0 Å². The minimum absolute atomic E-state index is 0.350. The highest BCUT2D eigenvalue weighted by molar-refractivity contribution is 5.54. The largest absolute Gasteiger partial charge is 0.381 e. The molecule has 2 aliphatic carbocycles. The van der Waals surface area contributed by atoms with Gasteiger partial charge in [0, 0.05) is 44.3 Å². The van der Waals surface area contributed by atoms with Crippen molar-refractivity contribution in [3.63, 3.8) is 0 Å². The number of rotatable bonds is 4. The third kappa shape index (κ3) is 4.06. The van der Waals surface area contributed by atoms with E-state index in [9.17, 15) is 0 Å². The van der Waals surface area contributed by atoms with Gasteiger partial charge in [0.2, 0.25) is 0 Å². The first-order valence-corrected chi connectivity index (χ1v) is 12.0. The molecule has 6 nitrogen and oxygen atoms in total. The first kappa shape index (κ1) is 20.5. The molecule has 3 heterocycles. The van der Waals surface area contributed by atoms with Gasteiger partial charge < -0.3 is 20.7 Å². The van der Waals surface area contributed by atoms with Gasteiger partial charge in [-0.15, -0.1) is 0 Å². The fraction of sp³-hybridized carbons (Fsp3) is 0.792. The van der Waals surface area contributed by atoms with E-state index in [1.54, 1.807) is 0 Å². The number of nitrogens with zero attached hydrogens (tertiary/aromatic N) is 3. The summed E-state index contributed by atoms with van der Waals surface area (Å²) in [6.07, 6.45) is 8.12. The highest BCUT2D eigenvalue weighted by Gasteiger charge is 2.51. The minimum Gasteiger partial charge on any atom is -0.381 e. The molecule has 166 valence electrons. The molecule has 30 heavy (non-hydrogen) atoms. The van der Waals surface area contributed by atoms with E-state index >= 15 is 0 Å². The lowest BCUT2D eigenvalue weighted by Gasteiger charge is -2.57. The van der Waals surface area contributed by atoms with Crippen molar-refractivity contribution in [1.82, 2.24) is 9.88 Å². The summed E-state index contributed by atoms with van der Waals surface area (Å²) in [7, 11) is 0. The van der Waals surface area contributed by atoms with Crippen molar-refractivity contribution in [2.45, 2.75) is 89.6 Å². The van der Waals surface area contributed by atoms with Crippen LogP contribution in [-0.4, -0.2) is 66.4 Å². The zero-order valence-electron chi connectivity index (χ0n) is 18.9. The SMILES string of the molecule is Cc1nc(N2CCC(N3C[C@@H](C)O[C@@H](C)C3)CC2)ccc1NC1CC2(CC(N)C2)C1. The molecule has 1 aromatic rings. The highest BCUT2D eigenvalue weighted by atomic mass is 16.5. The van der Waals surface area contributed by atoms with Gasteiger partial charge in [0.1, 0.15) is 5.82 Å². The molecule has 0 bridgehead atoms. The number of nitrogens with two attached hydrogens (primary N) is 1. The van der Waals surface area contributed by atoms with E-state index < -0.39 is 0 Å². The second-order valence-corrected chi connectivity index (χ2v) is 10.6. The van der Waals surface area contributed by atoms with Crippen molar-refractivity contribution >= 4 is 11.5 Å². The van der Waals surface area contributed by atoms with E-state index in [0.717, 1.165) is 37.7 Å². The van der Waals surface area contributed by atoms with Crippen molar-refractivity contribution in [3.8, 4) is 0 Å². The van der Waals surface area contributed by atoms with E-state index in [1.807, 2.05) is 0 Å². The summed E-state index contributed by atoms with van der Waals surface area (Å²) >= 11 is 0. The van der Waals surface area contributed by atoms with E-state index in [-0.39, 0.29) is 0 Å². The lowest BCUT2D eigenvalue weighted by molar-refractivity contribution is -0.0826. The van der Waals surface area contributed by atoms with Gasteiger partial charge >= 0.3 is 0 Å². The fourth-order valence-corrected chi connectivity index (χ4v) is 6.55. The van der Waals surface area contributed by atoms with Gasteiger partial charge in [0.05, 0.1) is 23.6 Å². The molecule has 2 saturated carbocycles. The number of anilines is 2. The lowest BCUT2D eigenvalue weighted by Crippen LogP contribution is -2.57. The number of piperidine rings is 1. The number of nitrogens with one attached hydrogen (secondary N) is 1. The summed E-state index contributed by atoms with van der Waals surface area (Å²) in [5.74, 6) is 1.13. The van der Waals surface area contributed by atoms with Crippen LogP contribution in [0.3, 0.4) is 0 Å². The molecule has 0 aromatic carbocycles. The average Bonchev–Trinajstić information content (AvgIpc) is 2.66. The second-order valence-electron chi connectivity index (χ2n) is 10.6. The molecular weight excluding hydrogens is 374 g/mol. The molecule has 3 N–H and O–H groups in total. The summed E-state index contributed by atoms with van der Waals surface area (Å²) in [5, 5.41) is 3.73. The summed E-state index contributed by atoms with van der Waals surface area (Å²) < 4.78 is 5.91. The van der Waals surface area contributed by atoms with Crippen LogP contribution in [-0.2, 0) is 4.74 Å². The van der Waals surface area contributed by atoms with Crippen molar-refractivity contribution in [2.24, 2.45) is 11.1 Å². The molecule has 4 fully saturated rings. The van der Waals surface area contributed by atoms with Gasteiger partial charge in [-0.05, 0) is 76.8 Å². The molecule has 5 rings (SSSR count). The van der Waals surface area contributed by atoms with Crippen molar-refractivity contribution in [1.29, 1.82) is 0 Å². The Hall–Kier alpha value is -1.37. The molecule has 2 atom stereocenters. The van der Waals surface area contributed by atoms with Gasteiger partial charge in [-0.25, -0.2) is 4.98 Å². The molecule has 2 aliphatic heterocycles. The van der Waals surface area contributed by atoms with Crippen molar-refractivity contribution < 1.29 is 4.74 Å². The Kier molecular flexibility index (Phi) is 5.44. The monoisotopic (exact) mass is 413 g/mol. The normalized spacial score (nSPS) is 37.7. The van der Waals surface area contributed by atoms with Gasteiger partial charge in [0.25, 0.3) is 0 Å². The number of hydrogen-bond donors (Lipinski definition) is 2.